The minimum Gasteiger partial charge on any atom is -0.478 e. The highest BCUT2D eigenvalue weighted by molar-refractivity contribution is 5.89. The highest BCUT2D eigenvalue weighted by Gasteiger charge is 2.24. The lowest BCUT2D eigenvalue weighted by molar-refractivity contribution is 0.0696. The Morgan fingerprint density at radius 2 is 1.82 bits per heavy atom. The van der Waals surface area contributed by atoms with Crippen LogP contribution in [-0.2, 0) is 18.4 Å². The van der Waals surface area contributed by atoms with Gasteiger partial charge in [0.25, 0.3) is 0 Å². The van der Waals surface area contributed by atoms with Crippen molar-refractivity contribution < 1.29 is 14.3 Å². The van der Waals surface area contributed by atoms with Gasteiger partial charge in [-0.25, -0.2) is 9.18 Å². The first-order chi connectivity index (χ1) is 10.2. The zero-order valence-electron chi connectivity index (χ0n) is 13.5. The van der Waals surface area contributed by atoms with Crippen molar-refractivity contribution in [1.29, 1.82) is 0 Å². The van der Waals surface area contributed by atoms with Crippen LogP contribution in [0.3, 0.4) is 0 Å². The lowest BCUT2D eigenvalue weighted by Crippen LogP contribution is -2.19. The van der Waals surface area contributed by atoms with Gasteiger partial charge < -0.3 is 9.67 Å². The van der Waals surface area contributed by atoms with Crippen LogP contribution in [-0.4, -0.2) is 15.6 Å². The maximum Gasteiger partial charge on any atom is 0.337 e. The summed E-state index contributed by atoms with van der Waals surface area (Å²) in [5, 5.41) is 9.33. The van der Waals surface area contributed by atoms with Crippen LogP contribution in [0.1, 0.15) is 48.1 Å². The number of nitrogens with zero attached hydrogens (tertiary/aromatic N) is 1. The van der Waals surface area contributed by atoms with E-state index >= 15 is 0 Å². The van der Waals surface area contributed by atoms with Gasteiger partial charge in [0.1, 0.15) is 5.82 Å². The molecule has 0 saturated carbocycles. The summed E-state index contributed by atoms with van der Waals surface area (Å²) in [5.74, 6) is -1.15. The number of carbonyl (C=O) groups is 1. The predicted molar refractivity (Wildman–Crippen MR) is 84.9 cm³/mol. The van der Waals surface area contributed by atoms with E-state index in [1.54, 1.807) is 18.2 Å². The summed E-state index contributed by atoms with van der Waals surface area (Å²) >= 11 is 0. The summed E-state index contributed by atoms with van der Waals surface area (Å²) in [6.07, 6.45) is 0.734. The third-order valence-corrected chi connectivity index (χ3v) is 3.90. The first kappa shape index (κ1) is 16.3. The molecule has 1 aromatic carbocycles. The SMILES string of the molecule is Cc1c(C(=O)O)cc(C(C)(C)C)n1CCc1ccc(F)cc1. The second-order valence-electron chi connectivity index (χ2n) is 6.61. The summed E-state index contributed by atoms with van der Waals surface area (Å²) in [6, 6.07) is 8.20. The largest absolute Gasteiger partial charge is 0.478 e. The number of halogens is 1. The summed E-state index contributed by atoms with van der Waals surface area (Å²) in [4.78, 5) is 11.4. The van der Waals surface area contributed by atoms with Crippen molar-refractivity contribution in [2.45, 2.75) is 46.1 Å². The van der Waals surface area contributed by atoms with Gasteiger partial charge >= 0.3 is 5.97 Å². The monoisotopic (exact) mass is 303 g/mol. The topological polar surface area (TPSA) is 42.2 Å². The lowest BCUT2D eigenvalue weighted by Gasteiger charge is -2.22. The Kier molecular flexibility index (Phi) is 4.40. The number of aromatic carboxylic acids is 1. The fourth-order valence-corrected chi connectivity index (χ4v) is 2.66. The van der Waals surface area contributed by atoms with Gasteiger partial charge in [-0.05, 0) is 37.1 Å². The molecule has 0 aliphatic carbocycles. The van der Waals surface area contributed by atoms with Crippen LogP contribution in [0.4, 0.5) is 4.39 Å². The van der Waals surface area contributed by atoms with Crippen LogP contribution in [0.5, 0.6) is 0 Å². The smallest absolute Gasteiger partial charge is 0.337 e. The molecule has 0 spiro atoms. The molecule has 1 N–H and O–H groups in total. The number of benzene rings is 1. The van der Waals surface area contributed by atoms with Crippen molar-refractivity contribution in [3.8, 4) is 0 Å². The molecule has 1 heterocycles. The van der Waals surface area contributed by atoms with E-state index in [1.807, 2.05) is 6.92 Å². The summed E-state index contributed by atoms with van der Waals surface area (Å²) in [5.41, 5.74) is 3.01. The minimum atomic E-state index is -0.900. The van der Waals surface area contributed by atoms with Crippen LogP contribution in [0.15, 0.2) is 30.3 Å². The van der Waals surface area contributed by atoms with Gasteiger partial charge in [0.2, 0.25) is 0 Å². The van der Waals surface area contributed by atoms with Gasteiger partial charge in [-0.1, -0.05) is 32.9 Å². The van der Waals surface area contributed by atoms with E-state index in [9.17, 15) is 14.3 Å². The standard InChI is InChI=1S/C18H22FNO2/c1-12-15(17(21)22)11-16(18(2,3)4)20(12)10-9-13-5-7-14(19)8-6-13/h5-8,11H,9-10H2,1-4H3,(H,21,22). The maximum atomic E-state index is 13.0. The predicted octanol–water partition coefficient (Wildman–Crippen LogP) is 4.17. The molecule has 118 valence electrons. The molecule has 0 atom stereocenters. The molecular weight excluding hydrogens is 281 g/mol. The first-order valence-electron chi connectivity index (χ1n) is 7.38. The van der Waals surface area contributed by atoms with E-state index in [0.717, 1.165) is 23.4 Å². The quantitative estimate of drug-likeness (QED) is 0.921. The van der Waals surface area contributed by atoms with Crippen LogP contribution in [0.25, 0.3) is 0 Å². The third-order valence-electron chi connectivity index (χ3n) is 3.90. The molecule has 0 amide bonds. The van der Waals surface area contributed by atoms with Crippen LogP contribution < -0.4 is 0 Å². The molecule has 0 unspecified atom stereocenters. The molecular formula is C18H22FNO2. The normalized spacial score (nSPS) is 11.7. The number of hydrogen-bond acceptors (Lipinski definition) is 1. The highest BCUT2D eigenvalue weighted by atomic mass is 19.1. The third kappa shape index (κ3) is 3.38. The second-order valence-corrected chi connectivity index (χ2v) is 6.61. The maximum absolute atomic E-state index is 13.0. The molecule has 0 saturated heterocycles. The molecule has 0 radical (unpaired) electrons. The number of rotatable bonds is 4. The Bertz CT molecular complexity index is 678. The first-order valence-corrected chi connectivity index (χ1v) is 7.38. The van der Waals surface area contributed by atoms with E-state index in [4.69, 9.17) is 0 Å². The number of aryl methyl sites for hydroxylation is 1. The van der Waals surface area contributed by atoms with E-state index in [2.05, 4.69) is 25.3 Å². The average molecular weight is 303 g/mol. The molecule has 0 aliphatic heterocycles. The second kappa shape index (κ2) is 5.95. The molecule has 1 aromatic heterocycles. The van der Waals surface area contributed by atoms with Gasteiger partial charge in [-0.15, -0.1) is 0 Å². The van der Waals surface area contributed by atoms with Gasteiger partial charge in [-0.2, -0.15) is 0 Å². The molecule has 4 heteroatoms. The molecule has 2 aromatic rings. The molecule has 22 heavy (non-hydrogen) atoms. The van der Waals surface area contributed by atoms with Crippen molar-refractivity contribution in [2.75, 3.05) is 0 Å². The van der Waals surface area contributed by atoms with Crippen molar-refractivity contribution in [1.82, 2.24) is 4.57 Å². The Morgan fingerprint density at radius 3 is 2.32 bits per heavy atom. The summed E-state index contributed by atoms with van der Waals surface area (Å²) in [7, 11) is 0. The van der Waals surface area contributed by atoms with E-state index in [1.165, 1.54) is 12.1 Å². The van der Waals surface area contributed by atoms with E-state index < -0.39 is 5.97 Å². The van der Waals surface area contributed by atoms with Gasteiger partial charge in [0.15, 0.2) is 0 Å². The Morgan fingerprint density at radius 1 is 1.23 bits per heavy atom. The molecule has 0 bridgehead atoms. The van der Waals surface area contributed by atoms with Crippen LogP contribution >= 0.6 is 0 Å². The Labute approximate surface area is 130 Å². The Hall–Kier alpha value is -2.10. The van der Waals surface area contributed by atoms with Crippen molar-refractivity contribution >= 4 is 5.97 Å². The van der Waals surface area contributed by atoms with Crippen molar-refractivity contribution in [3.05, 3.63) is 58.7 Å². The van der Waals surface area contributed by atoms with E-state index in [-0.39, 0.29) is 11.2 Å². The molecule has 0 aliphatic rings. The molecule has 3 nitrogen and oxygen atoms in total. The summed E-state index contributed by atoms with van der Waals surface area (Å²) in [6.45, 7) is 8.73. The lowest BCUT2D eigenvalue weighted by atomic mass is 9.91. The number of aromatic nitrogens is 1. The Balaban J connectivity index is 2.32. The summed E-state index contributed by atoms with van der Waals surface area (Å²) < 4.78 is 15.0. The molecule has 2 rings (SSSR count). The zero-order valence-corrected chi connectivity index (χ0v) is 13.5. The van der Waals surface area contributed by atoms with Crippen molar-refractivity contribution in [2.24, 2.45) is 0 Å². The number of hydrogen-bond donors (Lipinski definition) is 1. The van der Waals surface area contributed by atoms with Crippen LogP contribution in [0, 0.1) is 12.7 Å². The molecule has 0 fully saturated rings. The fourth-order valence-electron chi connectivity index (χ4n) is 2.66. The number of carboxylic acid groups (broad SMARTS) is 1. The van der Waals surface area contributed by atoms with Gasteiger partial charge in [0, 0.05) is 23.3 Å². The van der Waals surface area contributed by atoms with Gasteiger partial charge in [-0.3, -0.25) is 0 Å². The number of carboxylic acids is 1. The minimum absolute atomic E-state index is 0.138. The average Bonchev–Trinajstić information content (AvgIpc) is 2.75. The van der Waals surface area contributed by atoms with Gasteiger partial charge in [0.05, 0.1) is 5.56 Å². The zero-order chi connectivity index (χ0) is 16.5. The van der Waals surface area contributed by atoms with Crippen molar-refractivity contribution in [3.63, 3.8) is 0 Å². The van der Waals surface area contributed by atoms with E-state index in [0.29, 0.717) is 12.1 Å². The fraction of sp³-hybridized carbons (Fsp3) is 0.389. The van der Waals surface area contributed by atoms with Crippen LogP contribution in [0.2, 0.25) is 0 Å². The highest BCUT2D eigenvalue weighted by Crippen LogP contribution is 2.28.